The highest BCUT2D eigenvalue weighted by Crippen LogP contribution is 2.22. The molecule has 1 aliphatic heterocycles. The van der Waals surface area contributed by atoms with Crippen LogP contribution in [-0.2, 0) is 4.74 Å². The van der Waals surface area contributed by atoms with Gasteiger partial charge in [-0.1, -0.05) is 12.1 Å². The van der Waals surface area contributed by atoms with Crippen molar-refractivity contribution in [2.75, 3.05) is 31.5 Å². The molecule has 8 heteroatoms. The fraction of sp³-hybridized carbons (Fsp3) is 0.533. The van der Waals surface area contributed by atoms with Gasteiger partial charge in [-0.15, -0.1) is 0 Å². The molecule has 23 heavy (non-hydrogen) atoms. The lowest BCUT2D eigenvalue weighted by molar-refractivity contribution is -0.383. The summed E-state index contributed by atoms with van der Waals surface area (Å²) in [6.07, 6.45) is 0.360. The number of ether oxygens (including phenoxy) is 1. The SMILES string of the molecule is C[C@H]1CN(CCNC(=O)Nc2ccccc2[N+](=O)[O-])C[C@H](C)O1. The summed E-state index contributed by atoms with van der Waals surface area (Å²) in [5.74, 6) is 0. The lowest BCUT2D eigenvalue weighted by Crippen LogP contribution is -2.48. The van der Waals surface area contributed by atoms with Gasteiger partial charge in [-0.05, 0) is 19.9 Å². The van der Waals surface area contributed by atoms with Crippen molar-refractivity contribution in [2.45, 2.75) is 26.1 Å². The van der Waals surface area contributed by atoms with Crippen molar-refractivity contribution < 1.29 is 14.5 Å². The molecule has 1 fully saturated rings. The number of benzene rings is 1. The molecule has 126 valence electrons. The molecule has 1 saturated heterocycles. The van der Waals surface area contributed by atoms with Crippen LogP contribution >= 0.6 is 0 Å². The number of para-hydroxylation sites is 2. The Labute approximate surface area is 134 Å². The Bertz CT molecular complexity index is 556. The molecule has 8 nitrogen and oxygen atoms in total. The number of amides is 2. The van der Waals surface area contributed by atoms with Crippen molar-refractivity contribution in [3.8, 4) is 0 Å². The number of hydrogen-bond acceptors (Lipinski definition) is 5. The summed E-state index contributed by atoms with van der Waals surface area (Å²) < 4.78 is 5.65. The molecule has 0 radical (unpaired) electrons. The third kappa shape index (κ3) is 5.19. The van der Waals surface area contributed by atoms with Crippen LogP contribution < -0.4 is 10.6 Å². The first-order valence-corrected chi connectivity index (χ1v) is 7.62. The Hall–Kier alpha value is -2.19. The maximum Gasteiger partial charge on any atom is 0.319 e. The van der Waals surface area contributed by atoms with Crippen LogP contribution in [0.1, 0.15) is 13.8 Å². The summed E-state index contributed by atoms with van der Waals surface area (Å²) in [5, 5.41) is 16.1. The molecule has 1 aliphatic rings. The highest BCUT2D eigenvalue weighted by molar-refractivity contribution is 5.91. The average molecular weight is 322 g/mol. The second-order valence-electron chi connectivity index (χ2n) is 5.67. The largest absolute Gasteiger partial charge is 0.373 e. The smallest absolute Gasteiger partial charge is 0.319 e. The standard InChI is InChI=1S/C15H22N4O4/c1-11-9-18(10-12(2)23-11)8-7-16-15(20)17-13-5-3-4-6-14(13)19(21)22/h3-6,11-12H,7-10H2,1-2H3,(H2,16,17,20)/t11-,12-/m0/s1. The molecule has 1 heterocycles. The second-order valence-corrected chi connectivity index (χ2v) is 5.67. The number of nitro benzene ring substituents is 1. The molecular formula is C15H22N4O4. The summed E-state index contributed by atoms with van der Waals surface area (Å²) >= 11 is 0. The van der Waals surface area contributed by atoms with Gasteiger partial charge in [0.1, 0.15) is 5.69 Å². The van der Waals surface area contributed by atoms with Crippen LogP contribution in [0.25, 0.3) is 0 Å². The first kappa shape index (κ1) is 17.2. The van der Waals surface area contributed by atoms with E-state index in [1.165, 1.54) is 12.1 Å². The van der Waals surface area contributed by atoms with Gasteiger partial charge in [0, 0.05) is 32.2 Å². The quantitative estimate of drug-likeness (QED) is 0.637. The predicted octanol–water partition coefficient (Wildman–Crippen LogP) is 1.83. The fourth-order valence-electron chi connectivity index (χ4n) is 2.70. The van der Waals surface area contributed by atoms with Crippen molar-refractivity contribution in [3.63, 3.8) is 0 Å². The Morgan fingerprint density at radius 3 is 2.65 bits per heavy atom. The van der Waals surface area contributed by atoms with Crippen molar-refractivity contribution in [1.82, 2.24) is 10.2 Å². The van der Waals surface area contributed by atoms with E-state index in [1.807, 2.05) is 13.8 Å². The summed E-state index contributed by atoms with van der Waals surface area (Å²) in [6, 6.07) is 5.60. The Morgan fingerprint density at radius 2 is 2.00 bits per heavy atom. The number of nitrogens with one attached hydrogen (secondary N) is 2. The molecular weight excluding hydrogens is 300 g/mol. The van der Waals surface area contributed by atoms with Gasteiger partial charge in [0.25, 0.3) is 5.69 Å². The number of nitro groups is 1. The normalized spacial score (nSPS) is 21.7. The predicted molar refractivity (Wildman–Crippen MR) is 86.6 cm³/mol. The van der Waals surface area contributed by atoms with Crippen LogP contribution in [0.2, 0.25) is 0 Å². The lowest BCUT2D eigenvalue weighted by atomic mass is 10.2. The van der Waals surface area contributed by atoms with Gasteiger partial charge in [0.2, 0.25) is 0 Å². The van der Waals surface area contributed by atoms with Gasteiger partial charge < -0.3 is 15.4 Å². The van der Waals surface area contributed by atoms with Crippen molar-refractivity contribution in [3.05, 3.63) is 34.4 Å². The maximum absolute atomic E-state index is 11.9. The van der Waals surface area contributed by atoms with Crippen molar-refractivity contribution >= 4 is 17.4 Å². The molecule has 2 N–H and O–H groups in total. The lowest BCUT2D eigenvalue weighted by Gasteiger charge is -2.35. The molecule has 0 bridgehead atoms. The summed E-state index contributed by atoms with van der Waals surface area (Å²) in [5.41, 5.74) is 0.0575. The molecule has 1 aromatic rings. The van der Waals surface area contributed by atoms with Gasteiger partial charge in [-0.3, -0.25) is 15.0 Å². The van der Waals surface area contributed by atoms with Crippen LogP contribution in [0.5, 0.6) is 0 Å². The number of urea groups is 1. The third-order valence-electron chi connectivity index (χ3n) is 3.56. The monoisotopic (exact) mass is 322 g/mol. The number of nitrogens with zero attached hydrogens (tertiary/aromatic N) is 2. The number of anilines is 1. The highest BCUT2D eigenvalue weighted by Gasteiger charge is 2.21. The zero-order chi connectivity index (χ0) is 16.8. The van der Waals surface area contributed by atoms with E-state index >= 15 is 0 Å². The van der Waals surface area contributed by atoms with Crippen LogP contribution in [0.4, 0.5) is 16.2 Å². The first-order chi connectivity index (χ1) is 11.0. The summed E-state index contributed by atoms with van der Waals surface area (Å²) in [6.45, 7) is 6.89. The van der Waals surface area contributed by atoms with Crippen LogP contribution in [-0.4, -0.2) is 54.2 Å². The van der Waals surface area contributed by atoms with E-state index in [1.54, 1.807) is 12.1 Å². The van der Waals surface area contributed by atoms with E-state index in [4.69, 9.17) is 4.74 Å². The maximum atomic E-state index is 11.9. The van der Waals surface area contributed by atoms with E-state index in [0.717, 1.165) is 13.1 Å². The molecule has 2 atom stereocenters. The highest BCUT2D eigenvalue weighted by atomic mass is 16.6. The summed E-state index contributed by atoms with van der Waals surface area (Å²) in [7, 11) is 0. The second kappa shape index (κ2) is 7.89. The van der Waals surface area contributed by atoms with Gasteiger partial charge in [0.15, 0.2) is 0 Å². The molecule has 0 aliphatic carbocycles. The average Bonchev–Trinajstić information content (AvgIpc) is 2.46. The van der Waals surface area contributed by atoms with Crippen LogP contribution in [0, 0.1) is 10.1 Å². The van der Waals surface area contributed by atoms with E-state index in [2.05, 4.69) is 15.5 Å². The van der Waals surface area contributed by atoms with Crippen molar-refractivity contribution in [1.29, 1.82) is 0 Å². The topological polar surface area (TPSA) is 96.7 Å². The number of hydrogen-bond donors (Lipinski definition) is 2. The minimum atomic E-state index is -0.522. The van der Waals surface area contributed by atoms with E-state index in [0.29, 0.717) is 13.1 Å². The fourth-order valence-corrected chi connectivity index (χ4v) is 2.70. The Morgan fingerprint density at radius 1 is 1.35 bits per heavy atom. The van der Waals surface area contributed by atoms with Gasteiger partial charge >= 0.3 is 6.03 Å². The Balaban J connectivity index is 1.78. The van der Waals surface area contributed by atoms with Gasteiger partial charge in [0.05, 0.1) is 17.1 Å². The minimum absolute atomic E-state index is 0.126. The molecule has 2 amide bonds. The van der Waals surface area contributed by atoms with E-state index in [-0.39, 0.29) is 23.6 Å². The number of morpholine rings is 1. The molecule has 0 aromatic heterocycles. The van der Waals surface area contributed by atoms with E-state index in [9.17, 15) is 14.9 Å². The molecule has 2 rings (SSSR count). The summed E-state index contributed by atoms with van der Waals surface area (Å²) in [4.78, 5) is 24.5. The first-order valence-electron chi connectivity index (χ1n) is 7.62. The van der Waals surface area contributed by atoms with Crippen molar-refractivity contribution in [2.24, 2.45) is 0 Å². The number of carbonyl (C=O) groups excluding carboxylic acids is 1. The van der Waals surface area contributed by atoms with Gasteiger partial charge in [-0.25, -0.2) is 4.79 Å². The van der Waals surface area contributed by atoms with Crippen LogP contribution in [0.3, 0.4) is 0 Å². The number of carbonyl (C=O) groups is 1. The van der Waals surface area contributed by atoms with E-state index < -0.39 is 11.0 Å². The van der Waals surface area contributed by atoms with Gasteiger partial charge in [-0.2, -0.15) is 0 Å². The minimum Gasteiger partial charge on any atom is -0.373 e. The third-order valence-corrected chi connectivity index (χ3v) is 3.56. The molecule has 0 saturated carbocycles. The Kier molecular flexibility index (Phi) is 5.89. The van der Waals surface area contributed by atoms with Crippen LogP contribution in [0.15, 0.2) is 24.3 Å². The molecule has 0 spiro atoms. The molecule has 0 unspecified atom stereocenters. The zero-order valence-electron chi connectivity index (χ0n) is 13.3. The number of rotatable bonds is 5. The zero-order valence-corrected chi connectivity index (χ0v) is 13.3. The molecule has 1 aromatic carbocycles.